The van der Waals surface area contributed by atoms with Crippen molar-refractivity contribution in [3.05, 3.63) is 66.2 Å². The number of hydrogen-bond acceptors (Lipinski definition) is 8. The van der Waals surface area contributed by atoms with Gasteiger partial charge in [-0.05, 0) is 54.6 Å². The first kappa shape index (κ1) is 24.1. The molecule has 0 unspecified atom stereocenters. The Balaban J connectivity index is 1.35. The van der Waals surface area contributed by atoms with Gasteiger partial charge in [0.2, 0.25) is 15.9 Å². The number of fused-ring (bicyclic) bond motifs is 1. The predicted molar refractivity (Wildman–Crippen MR) is 128 cm³/mol. The van der Waals surface area contributed by atoms with Crippen molar-refractivity contribution < 1.29 is 22.7 Å². The third-order valence-electron chi connectivity index (χ3n) is 5.12. The molecule has 35 heavy (non-hydrogen) atoms. The van der Waals surface area contributed by atoms with Gasteiger partial charge < -0.3 is 14.8 Å². The second kappa shape index (κ2) is 10.1. The third kappa shape index (κ3) is 5.23. The normalized spacial score (nSPS) is 11.5. The monoisotopic (exact) mass is 496 g/mol. The van der Waals surface area contributed by atoms with E-state index in [0.29, 0.717) is 22.9 Å². The minimum Gasteiger partial charge on any atom is -0.497 e. The number of ether oxygens (including phenoxy) is 2. The van der Waals surface area contributed by atoms with Crippen LogP contribution in [0.2, 0.25) is 0 Å². The van der Waals surface area contributed by atoms with Crippen molar-refractivity contribution in [3.63, 3.8) is 0 Å². The number of benzene rings is 2. The number of hydrogen-bond donors (Lipinski definition) is 1. The van der Waals surface area contributed by atoms with Crippen LogP contribution in [-0.2, 0) is 10.0 Å². The smallest absolute Gasteiger partial charge is 0.251 e. The highest BCUT2D eigenvalue weighted by atomic mass is 32.2. The molecule has 1 N–H and O–H groups in total. The highest BCUT2D eigenvalue weighted by Gasteiger charge is 2.17. The highest BCUT2D eigenvalue weighted by Crippen LogP contribution is 2.22. The van der Waals surface area contributed by atoms with E-state index in [2.05, 4.69) is 20.6 Å². The van der Waals surface area contributed by atoms with Crippen molar-refractivity contribution in [1.82, 2.24) is 29.4 Å². The lowest BCUT2D eigenvalue weighted by Gasteiger charge is -2.12. The van der Waals surface area contributed by atoms with Gasteiger partial charge in [-0.1, -0.05) is 0 Å². The van der Waals surface area contributed by atoms with Crippen molar-refractivity contribution >= 4 is 21.6 Å². The van der Waals surface area contributed by atoms with Crippen LogP contribution in [0.15, 0.2) is 65.6 Å². The molecule has 0 fully saturated rings. The van der Waals surface area contributed by atoms with Crippen LogP contribution in [-0.4, -0.2) is 72.8 Å². The van der Waals surface area contributed by atoms with Crippen molar-refractivity contribution in [1.29, 1.82) is 0 Å². The summed E-state index contributed by atoms with van der Waals surface area (Å²) in [6, 6.07) is 16.5. The van der Waals surface area contributed by atoms with Crippen LogP contribution in [0.1, 0.15) is 10.4 Å². The van der Waals surface area contributed by atoms with Crippen molar-refractivity contribution in [2.24, 2.45) is 0 Å². The zero-order valence-electron chi connectivity index (χ0n) is 19.4. The number of nitrogens with zero attached hydrogens (tertiary/aromatic N) is 5. The number of sulfonamides is 1. The van der Waals surface area contributed by atoms with Gasteiger partial charge in [-0.3, -0.25) is 4.79 Å². The van der Waals surface area contributed by atoms with Gasteiger partial charge in [-0.2, -0.15) is 4.52 Å². The lowest BCUT2D eigenvalue weighted by atomic mass is 10.2. The van der Waals surface area contributed by atoms with E-state index >= 15 is 0 Å². The SMILES string of the molecule is COc1ccc(-c2nnc3ccc(OCCNC(=O)c4ccc(S(=O)(=O)N(C)C)cc4)nn23)cc1. The third-order valence-corrected chi connectivity index (χ3v) is 6.95. The molecule has 2 heterocycles. The lowest BCUT2D eigenvalue weighted by Crippen LogP contribution is -2.28. The Morgan fingerprint density at radius 2 is 1.71 bits per heavy atom. The molecule has 1 amide bonds. The molecule has 0 saturated heterocycles. The number of rotatable bonds is 9. The summed E-state index contributed by atoms with van der Waals surface area (Å²) >= 11 is 0. The molecule has 12 heteroatoms. The van der Waals surface area contributed by atoms with E-state index in [0.717, 1.165) is 15.6 Å². The summed E-state index contributed by atoms with van der Waals surface area (Å²) in [5, 5.41) is 15.5. The summed E-state index contributed by atoms with van der Waals surface area (Å²) in [4.78, 5) is 12.5. The minimum absolute atomic E-state index is 0.117. The van der Waals surface area contributed by atoms with Crippen molar-refractivity contribution in [3.8, 4) is 23.0 Å². The summed E-state index contributed by atoms with van der Waals surface area (Å²) in [7, 11) is 0.953. The van der Waals surface area contributed by atoms with E-state index in [9.17, 15) is 13.2 Å². The van der Waals surface area contributed by atoms with E-state index in [1.165, 1.54) is 38.4 Å². The Morgan fingerprint density at radius 1 is 1.00 bits per heavy atom. The molecule has 0 atom stereocenters. The van der Waals surface area contributed by atoms with E-state index in [1.54, 1.807) is 23.8 Å². The molecule has 0 radical (unpaired) electrons. The number of carbonyl (C=O) groups excluding carboxylic acids is 1. The highest BCUT2D eigenvalue weighted by molar-refractivity contribution is 7.89. The Kier molecular flexibility index (Phi) is 6.94. The maximum atomic E-state index is 12.4. The van der Waals surface area contributed by atoms with E-state index in [-0.39, 0.29) is 24.0 Å². The van der Waals surface area contributed by atoms with E-state index in [4.69, 9.17) is 9.47 Å². The molecule has 0 aliphatic heterocycles. The topological polar surface area (TPSA) is 128 Å². The van der Waals surface area contributed by atoms with Gasteiger partial charge >= 0.3 is 0 Å². The summed E-state index contributed by atoms with van der Waals surface area (Å²) in [6.07, 6.45) is 0. The second-order valence-corrected chi connectivity index (χ2v) is 9.76. The lowest BCUT2D eigenvalue weighted by molar-refractivity contribution is 0.0946. The Hall–Kier alpha value is -4.03. The number of aromatic nitrogens is 4. The van der Waals surface area contributed by atoms with Crippen molar-refractivity contribution in [2.45, 2.75) is 4.90 Å². The van der Waals surface area contributed by atoms with Gasteiger partial charge in [0.1, 0.15) is 12.4 Å². The van der Waals surface area contributed by atoms with Crippen LogP contribution in [0.25, 0.3) is 17.0 Å². The fraction of sp³-hybridized carbons (Fsp3) is 0.217. The number of nitrogens with one attached hydrogen (secondary N) is 1. The molecule has 0 spiro atoms. The molecule has 2 aromatic heterocycles. The molecule has 0 aliphatic carbocycles. The van der Waals surface area contributed by atoms with Gasteiger partial charge in [-0.25, -0.2) is 12.7 Å². The molecule has 0 aliphatic rings. The molecule has 0 bridgehead atoms. The molecule has 11 nitrogen and oxygen atoms in total. The zero-order valence-corrected chi connectivity index (χ0v) is 20.2. The van der Waals surface area contributed by atoms with Gasteiger partial charge in [0.25, 0.3) is 5.91 Å². The molecule has 2 aromatic carbocycles. The fourth-order valence-corrected chi connectivity index (χ4v) is 4.08. The number of carbonyl (C=O) groups is 1. The summed E-state index contributed by atoms with van der Waals surface area (Å²) < 4.78 is 37.8. The molecule has 182 valence electrons. The summed E-state index contributed by atoms with van der Waals surface area (Å²) in [5.41, 5.74) is 1.73. The van der Waals surface area contributed by atoms with Gasteiger partial charge in [-0.15, -0.1) is 15.3 Å². The summed E-state index contributed by atoms with van der Waals surface area (Å²) in [5.74, 6) is 1.29. The van der Waals surface area contributed by atoms with Crippen LogP contribution < -0.4 is 14.8 Å². The van der Waals surface area contributed by atoms with Crippen LogP contribution in [0.5, 0.6) is 11.6 Å². The molecular weight excluding hydrogens is 472 g/mol. The molecule has 4 rings (SSSR count). The van der Waals surface area contributed by atoms with Crippen LogP contribution in [0.3, 0.4) is 0 Å². The predicted octanol–water partition coefficient (Wildman–Crippen LogP) is 1.86. The Bertz CT molecular complexity index is 1430. The van der Waals surface area contributed by atoms with Crippen LogP contribution >= 0.6 is 0 Å². The van der Waals surface area contributed by atoms with E-state index in [1.807, 2.05) is 24.3 Å². The molecular formula is C23H24N6O5S. The second-order valence-electron chi connectivity index (χ2n) is 7.61. The summed E-state index contributed by atoms with van der Waals surface area (Å²) in [6.45, 7) is 0.404. The number of amides is 1. The average molecular weight is 497 g/mol. The molecule has 0 saturated carbocycles. The van der Waals surface area contributed by atoms with Crippen LogP contribution in [0.4, 0.5) is 0 Å². The molecule has 4 aromatic rings. The standard InChI is InChI=1S/C23H24N6O5S/c1-28(2)35(31,32)19-10-6-17(7-11-19)23(30)24-14-15-34-21-13-12-20-25-26-22(29(20)27-21)16-4-8-18(33-3)9-5-16/h4-13H,14-15H2,1-3H3,(H,24,30). The fourth-order valence-electron chi connectivity index (χ4n) is 3.18. The minimum atomic E-state index is -3.55. The van der Waals surface area contributed by atoms with Gasteiger partial charge in [0, 0.05) is 31.3 Å². The van der Waals surface area contributed by atoms with Gasteiger partial charge in [0.15, 0.2) is 11.5 Å². The number of methoxy groups -OCH3 is 1. The Morgan fingerprint density at radius 3 is 2.37 bits per heavy atom. The average Bonchev–Trinajstić information content (AvgIpc) is 3.30. The first-order chi connectivity index (χ1) is 16.8. The van der Waals surface area contributed by atoms with Crippen molar-refractivity contribution in [2.75, 3.05) is 34.4 Å². The van der Waals surface area contributed by atoms with E-state index < -0.39 is 10.0 Å². The Labute approximate surface area is 202 Å². The zero-order chi connectivity index (χ0) is 25.0. The first-order valence-electron chi connectivity index (χ1n) is 10.6. The van der Waals surface area contributed by atoms with Gasteiger partial charge in [0.05, 0.1) is 18.6 Å². The first-order valence-corrected chi connectivity index (χ1v) is 12.0. The maximum Gasteiger partial charge on any atom is 0.251 e. The maximum absolute atomic E-state index is 12.4. The van der Waals surface area contributed by atoms with Crippen LogP contribution in [0, 0.1) is 0 Å². The quantitative estimate of drug-likeness (QED) is 0.348. The largest absolute Gasteiger partial charge is 0.497 e.